The molecule has 0 saturated carbocycles. The van der Waals surface area contributed by atoms with Crippen molar-refractivity contribution in [1.29, 1.82) is 0 Å². The molecule has 2 amide bonds. The Kier molecular flexibility index (Phi) is 6.61. The van der Waals surface area contributed by atoms with Crippen LogP contribution >= 0.6 is 0 Å². The van der Waals surface area contributed by atoms with Crippen LogP contribution in [0.4, 0.5) is 0 Å². The largest absolute Gasteiger partial charge is 0.496 e. The van der Waals surface area contributed by atoms with E-state index in [1.807, 2.05) is 36.4 Å². The zero-order valence-corrected chi connectivity index (χ0v) is 16.6. The Morgan fingerprint density at radius 1 is 1.04 bits per heavy atom. The Morgan fingerprint density at radius 3 is 2.26 bits per heavy atom. The van der Waals surface area contributed by atoms with E-state index >= 15 is 0 Å². The molecular formula is C22H28N2O3. The van der Waals surface area contributed by atoms with E-state index in [9.17, 15) is 9.59 Å². The fraction of sp³-hybridized carbons (Fsp3) is 0.364. The molecule has 2 rings (SSSR count). The number of para-hydroxylation sites is 1. The predicted octanol–water partition coefficient (Wildman–Crippen LogP) is 3.43. The maximum atomic E-state index is 12.4. The van der Waals surface area contributed by atoms with Gasteiger partial charge in [0, 0.05) is 17.7 Å². The highest BCUT2D eigenvalue weighted by Crippen LogP contribution is 2.22. The van der Waals surface area contributed by atoms with Gasteiger partial charge in [-0.3, -0.25) is 9.59 Å². The standard InChI is InChI=1S/C22H28N2O3/c1-15(20(25)23-14-17-8-6-7-9-19(17)27-5)24-21(26)16-10-12-18(13-11-16)22(2,3)4/h6-13,15H,14H2,1-5H3,(H,23,25)(H,24,26). The van der Waals surface area contributed by atoms with Crippen LogP contribution in [-0.2, 0) is 16.8 Å². The average molecular weight is 368 g/mol. The van der Waals surface area contributed by atoms with Crippen LogP contribution in [0.1, 0.15) is 49.2 Å². The lowest BCUT2D eigenvalue weighted by Crippen LogP contribution is -2.44. The number of carbonyl (C=O) groups is 2. The van der Waals surface area contributed by atoms with Gasteiger partial charge in [-0.2, -0.15) is 0 Å². The van der Waals surface area contributed by atoms with Gasteiger partial charge in [0.1, 0.15) is 11.8 Å². The van der Waals surface area contributed by atoms with Gasteiger partial charge >= 0.3 is 0 Å². The fourth-order valence-corrected chi connectivity index (χ4v) is 2.65. The topological polar surface area (TPSA) is 67.4 Å². The smallest absolute Gasteiger partial charge is 0.251 e. The molecule has 0 spiro atoms. The van der Waals surface area contributed by atoms with Crippen LogP contribution in [0.15, 0.2) is 48.5 Å². The van der Waals surface area contributed by atoms with Gasteiger partial charge in [-0.25, -0.2) is 0 Å². The molecule has 5 heteroatoms. The first-order valence-corrected chi connectivity index (χ1v) is 9.03. The van der Waals surface area contributed by atoms with E-state index in [4.69, 9.17) is 4.74 Å². The second-order valence-corrected chi connectivity index (χ2v) is 7.55. The molecule has 1 atom stereocenters. The zero-order valence-electron chi connectivity index (χ0n) is 16.6. The lowest BCUT2D eigenvalue weighted by Gasteiger charge is -2.19. The van der Waals surface area contributed by atoms with E-state index in [0.717, 1.165) is 11.1 Å². The number of benzene rings is 2. The maximum Gasteiger partial charge on any atom is 0.251 e. The second-order valence-electron chi connectivity index (χ2n) is 7.55. The number of ether oxygens (including phenoxy) is 1. The molecule has 0 aliphatic heterocycles. The summed E-state index contributed by atoms with van der Waals surface area (Å²) in [6, 6.07) is 14.3. The first kappa shape index (κ1) is 20.5. The van der Waals surface area contributed by atoms with Gasteiger partial charge in [-0.1, -0.05) is 51.1 Å². The van der Waals surface area contributed by atoms with Gasteiger partial charge in [0.15, 0.2) is 0 Å². The lowest BCUT2D eigenvalue weighted by atomic mass is 9.86. The summed E-state index contributed by atoms with van der Waals surface area (Å²) >= 11 is 0. The molecule has 0 aliphatic rings. The molecule has 2 N–H and O–H groups in total. The van der Waals surface area contributed by atoms with E-state index in [2.05, 4.69) is 31.4 Å². The summed E-state index contributed by atoms with van der Waals surface area (Å²) < 4.78 is 5.27. The molecule has 144 valence electrons. The monoisotopic (exact) mass is 368 g/mol. The maximum absolute atomic E-state index is 12.4. The minimum atomic E-state index is -0.644. The third-order valence-electron chi connectivity index (χ3n) is 4.40. The van der Waals surface area contributed by atoms with Crippen molar-refractivity contribution in [1.82, 2.24) is 10.6 Å². The highest BCUT2D eigenvalue weighted by molar-refractivity contribution is 5.97. The van der Waals surface area contributed by atoms with Crippen molar-refractivity contribution >= 4 is 11.8 Å². The summed E-state index contributed by atoms with van der Waals surface area (Å²) in [6.07, 6.45) is 0. The van der Waals surface area contributed by atoms with Gasteiger partial charge in [-0.05, 0) is 36.1 Å². The highest BCUT2D eigenvalue weighted by Gasteiger charge is 2.18. The van der Waals surface area contributed by atoms with E-state index in [1.165, 1.54) is 0 Å². The molecule has 0 aromatic heterocycles. The normalized spacial score (nSPS) is 12.2. The summed E-state index contributed by atoms with van der Waals surface area (Å²) in [7, 11) is 1.59. The number of nitrogens with one attached hydrogen (secondary N) is 2. The van der Waals surface area contributed by atoms with Crippen molar-refractivity contribution in [2.75, 3.05) is 7.11 Å². The Morgan fingerprint density at radius 2 is 1.67 bits per heavy atom. The molecule has 0 radical (unpaired) electrons. The van der Waals surface area contributed by atoms with Gasteiger partial charge < -0.3 is 15.4 Å². The summed E-state index contributed by atoms with van der Waals surface area (Å²) in [4.78, 5) is 24.7. The Balaban J connectivity index is 1.92. The van der Waals surface area contributed by atoms with Crippen LogP contribution in [0, 0.1) is 0 Å². The molecule has 0 bridgehead atoms. The van der Waals surface area contributed by atoms with Gasteiger partial charge in [-0.15, -0.1) is 0 Å². The van der Waals surface area contributed by atoms with E-state index in [-0.39, 0.29) is 17.2 Å². The van der Waals surface area contributed by atoms with Gasteiger partial charge in [0.2, 0.25) is 5.91 Å². The third-order valence-corrected chi connectivity index (χ3v) is 4.40. The van der Waals surface area contributed by atoms with Crippen molar-refractivity contribution in [2.45, 2.75) is 45.7 Å². The Bertz CT molecular complexity index is 792. The molecule has 2 aromatic rings. The Labute approximate surface area is 161 Å². The quantitative estimate of drug-likeness (QED) is 0.821. The number of amides is 2. The minimum Gasteiger partial charge on any atom is -0.496 e. The molecule has 0 heterocycles. The van der Waals surface area contributed by atoms with Gasteiger partial charge in [0.05, 0.1) is 7.11 Å². The minimum absolute atomic E-state index is 0.0285. The highest BCUT2D eigenvalue weighted by atomic mass is 16.5. The average Bonchev–Trinajstić information content (AvgIpc) is 2.65. The summed E-state index contributed by atoms with van der Waals surface area (Å²) in [5.74, 6) is 0.199. The molecule has 0 fully saturated rings. The summed E-state index contributed by atoms with van der Waals surface area (Å²) in [5.41, 5.74) is 2.60. The molecule has 5 nitrogen and oxygen atoms in total. The molecular weight excluding hydrogens is 340 g/mol. The van der Waals surface area contributed by atoms with Crippen LogP contribution in [0.3, 0.4) is 0 Å². The SMILES string of the molecule is COc1ccccc1CNC(=O)C(C)NC(=O)c1ccc(C(C)(C)C)cc1. The number of carbonyl (C=O) groups excluding carboxylic acids is 2. The molecule has 27 heavy (non-hydrogen) atoms. The number of hydrogen-bond donors (Lipinski definition) is 2. The summed E-state index contributed by atoms with van der Waals surface area (Å²) in [6.45, 7) is 8.37. The van der Waals surface area contributed by atoms with Crippen LogP contribution in [0.2, 0.25) is 0 Å². The van der Waals surface area contributed by atoms with E-state index in [1.54, 1.807) is 26.2 Å². The van der Waals surface area contributed by atoms with Crippen LogP contribution < -0.4 is 15.4 Å². The predicted molar refractivity (Wildman–Crippen MR) is 107 cm³/mol. The zero-order chi connectivity index (χ0) is 20.0. The number of hydrogen-bond acceptors (Lipinski definition) is 3. The van der Waals surface area contributed by atoms with Crippen LogP contribution in [0.5, 0.6) is 5.75 Å². The molecule has 2 aromatic carbocycles. The first-order valence-electron chi connectivity index (χ1n) is 9.03. The fourth-order valence-electron chi connectivity index (χ4n) is 2.65. The molecule has 0 saturated heterocycles. The van der Waals surface area contributed by atoms with E-state index in [0.29, 0.717) is 17.9 Å². The van der Waals surface area contributed by atoms with Crippen molar-refractivity contribution < 1.29 is 14.3 Å². The van der Waals surface area contributed by atoms with Crippen LogP contribution in [0.25, 0.3) is 0 Å². The second kappa shape index (κ2) is 8.71. The van der Waals surface area contributed by atoms with E-state index < -0.39 is 6.04 Å². The van der Waals surface area contributed by atoms with Crippen molar-refractivity contribution in [3.05, 3.63) is 65.2 Å². The van der Waals surface area contributed by atoms with Gasteiger partial charge in [0.25, 0.3) is 5.91 Å². The molecule has 0 aliphatic carbocycles. The number of methoxy groups -OCH3 is 1. The molecule has 1 unspecified atom stereocenters. The van der Waals surface area contributed by atoms with Crippen molar-refractivity contribution in [3.63, 3.8) is 0 Å². The van der Waals surface area contributed by atoms with Crippen molar-refractivity contribution in [3.8, 4) is 5.75 Å². The number of rotatable bonds is 6. The Hall–Kier alpha value is -2.82. The third kappa shape index (κ3) is 5.58. The van der Waals surface area contributed by atoms with Crippen molar-refractivity contribution in [2.24, 2.45) is 0 Å². The lowest BCUT2D eigenvalue weighted by molar-refractivity contribution is -0.122. The van der Waals surface area contributed by atoms with Crippen LogP contribution in [-0.4, -0.2) is 25.0 Å². The summed E-state index contributed by atoms with van der Waals surface area (Å²) in [5, 5.41) is 5.56. The first-order chi connectivity index (χ1) is 12.7.